The van der Waals surface area contributed by atoms with Crippen molar-refractivity contribution in [3.63, 3.8) is 0 Å². The Labute approximate surface area is 102 Å². The Morgan fingerprint density at radius 1 is 1.53 bits per heavy atom. The van der Waals surface area contributed by atoms with Gasteiger partial charge in [-0.3, -0.25) is 15.5 Å². The van der Waals surface area contributed by atoms with Gasteiger partial charge in [-0.05, 0) is 6.92 Å². The summed E-state index contributed by atoms with van der Waals surface area (Å²) in [6.45, 7) is 2.51. The van der Waals surface area contributed by atoms with Crippen LogP contribution >= 0.6 is 11.6 Å². The summed E-state index contributed by atoms with van der Waals surface area (Å²) in [4.78, 5) is 4.12. The van der Waals surface area contributed by atoms with Gasteiger partial charge < -0.3 is 0 Å². The van der Waals surface area contributed by atoms with Gasteiger partial charge in [-0.15, -0.1) is 0 Å². The molecule has 0 atom stereocenters. The van der Waals surface area contributed by atoms with Gasteiger partial charge in [-0.25, -0.2) is 9.67 Å². The molecule has 0 saturated carbocycles. The van der Waals surface area contributed by atoms with Crippen molar-refractivity contribution in [1.29, 1.82) is 0 Å². The van der Waals surface area contributed by atoms with Gasteiger partial charge in [0.2, 0.25) is 0 Å². The summed E-state index contributed by atoms with van der Waals surface area (Å²) in [6, 6.07) is 1.90. The van der Waals surface area contributed by atoms with E-state index >= 15 is 0 Å². The summed E-state index contributed by atoms with van der Waals surface area (Å²) in [5.41, 5.74) is 4.10. The minimum absolute atomic E-state index is 0.489. The predicted molar refractivity (Wildman–Crippen MR) is 62.6 cm³/mol. The number of rotatable bonds is 2. The van der Waals surface area contributed by atoms with Gasteiger partial charge in [-0.2, -0.15) is 10.2 Å². The van der Waals surface area contributed by atoms with Crippen molar-refractivity contribution in [1.82, 2.24) is 30.0 Å². The second-order valence-electron chi connectivity index (χ2n) is 3.72. The van der Waals surface area contributed by atoms with Crippen LogP contribution in [0.4, 0.5) is 5.82 Å². The van der Waals surface area contributed by atoms with Crippen LogP contribution in [-0.2, 0) is 6.54 Å². The van der Waals surface area contributed by atoms with Crippen molar-refractivity contribution in [2.45, 2.75) is 13.5 Å². The van der Waals surface area contributed by atoms with E-state index in [1.165, 1.54) is 6.33 Å². The summed E-state index contributed by atoms with van der Waals surface area (Å²) < 4.78 is 1.59. The topological polar surface area (TPSA) is 74.7 Å². The Hall–Kier alpha value is -2.02. The monoisotopic (exact) mass is 251 g/mol. The van der Waals surface area contributed by atoms with Crippen molar-refractivity contribution in [3.8, 4) is 0 Å². The standard InChI is InChI=1S/C9H10ClN7/c1-6-2-8(14-13-6)15-16-3-7(10)17-9(4-16)11-5-12-17/h2-3,5H,4H2,1H3,(H2,13,14,15). The highest BCUT2D eigenvalue weighted by molar-refractivity contribution is 6.45. The number of hydrazine groups is 1. The molecule has 88 valence electrons. The first kappa shape index (κ1) is 10.2. The van der Waals surface area contributed by atoms with Crippen LogP contribution in [0, 0.1) is 6.92 Å². The lowest BCUT2D eigenvalue weighted by Gasteiger charge is -2.24. The molecule has 0 spiro atoms. The molecule has 0 radical (unpaired) electrons. The van der Waals surface area contributed by atoms with E-state index in [-0.39, 0.29) is 0 Å². The molecule has 0 amide bonds. The number of halogens is 1. The molecule has 2 N–H and O–H groups in total. The third-order valence-corrected chi connectivity index (χ3v) is 2.62. The molecule has 0 aliphatic carbocycles. The van der Waals surface area contributed by atoms with E-state index in [1.54, 1.807) is 10.9 Å². The molecule has 2 aromatic heterocycles. The summed E-state index contributed by atoms with van der Waals surface area (Å²) in [6.07, 6.45) is 3.22. The molecule has 0 fully saturated rings. The van der Waals surface area contributed by atoms with E-state index in [2.05, 4.69) is 25.7 Å². The average molecular weight is 252 g/mol. The normalized spacial score (nSPS) is 14.5. The Morgan fingerprint density at radius 3 is 3.18 bits per heavy atom. The van der Waals surface area contributed by atoms with E-state index in [9.17, 15) is 0 Å². The van der Waals surface area contributed by atoms with Gasteiger partial charge in [0, 0.05) is 11.8 Å². The first-order valence-electron chi connectivity index (χ1n) is 5.04. The molecular formula is C9H10ClN7. The third kappa shape index (κ3) is 1.84. The minimum atomic E-state index is 0.489. The predicted octanol–water partition coefficient (Wildman–Crippen LogP) is 1.15. The number of hydrogen-bond acceptors (Lipinski definition) is 5. The first-order chi connectivity index (χ1) is 8.22. The van der Waals surface area contributed by atoms with Crippen LogP contribution in [-0.4, -0.2) is 30.0 Å². The fourth-order valence-electron chi connectivity index (χ4n) is 1.63. The van der Waals surface area contributed by atoms with Crippen LogP contribution in [0.1, 0.15) is 11.5 Å². The number of nitrogens with one attached hydrogen (secondary N) is 2. The Bertz CT molecular complexity index is 569. The maximum Gasteiger partial charge on any atom is 0.166 e. The second-order valence-corrected chi connectivity index (χ2v) is 4.10. The molecule has 3 rings (SSSR count). The number of nitrogens with zero attached hydrogens (tertiary/aromatic N) is 5. The number of fused-ring (bicyclic) bond motifs is 1. The quantitative estimate of drug-likeness (QED) is 0.838. The zero-order valence-electron chi connectivity index (χ0n) is 9.05. The van der Waals surface area contributed by atoms with E-state index in [0.29, 0.717) is 11.7 Å². The van der Waals surface area contributed by atoms with Crippen molar-refractivity contribution >= 4 is 22.6 Å². The zero-order chi connectivity index (χ0) is 11.8. The van der Waals surface area contributed by atoms with Gasteiger partial charge in [0.25, 0.3) is 0 Å². The number of aromatic amines is 1. The third-order valence-electron chi connectivity index (χ3n) is 2.36. The molecule has 1 aliphatic rings. The zero-order valence-corrected chi connectivity index (χ0v) is 9.81. The number of aryl methyl sites for hydroxylation is 1. The van der Waals surface area contributed by atoms with Crippen LogP contribution in [0.15, 0.2) is 18.6 Å². The van der Waals surface area contributed by atoms with Crippen LogP contribution in [0.5, 0.6) is 0 Å². The Kier molecular flexibility index (Phi) is 2.25. The molecule has 0 bridgehead atoms. The highest BCUT2D eigenvalue weighted by Crippen LogP contribution is 2.20. The van der Waals surface area contributed by atoms with Crippen LogP contribution < -0.4 is 5.43 Å². The van der Waals surface area contributed by atoms with E-state index in [4.69, 9.17) is 11.6 Å². The SMILES string of the molecule is Cc1cc(NN2C=C(Cl)n3ncnc3C2)n[nH]1. The molecule has 0 aromatic carbocycles. The summed E-state index contributed by atoms with van der Waals surface area (Å²) >= 11 is 6.07. The number of anilines is 1. The fourth-order valence-corrected chi connectivity index (χ4v) is 1.89. The summed E-state index contributed by atoms with van der Waals surface area (Å²) in [7, 11) is 0. The van der Waals surface area contributed by atoms with Gasteiger partial charge in [0.1, 0.15) is 6.33 Å². The lowest BCUT2D eigenvalue weighted by atomic mass is 10.5. The second kappa shape index (κ2) is 3.77. The van der Waals surface area contributed by atoms with Crippen LogP contribution in [0.2, 0.25) is 0 Å². The molecule has 2 aromatic rings. The molecule has 0 unspecified atom stereocenters. The lowest BCUT2D eigenvalue weighted by Crippen LogP contribution is -2.29. The van der Waals surface area contributed by atoms with Gasteiger partial charge in [0.05, 0.1) is 12.7 Å². The van der Waals surface area contributed by atoms with Crippen molar-refractivity contribution in [3.05, 3.63) is 30.1 Å². The van der Waals surface area contributed by atoms with Crippen molar-refractivity contribution in [2.24, 2.45) is 0 Å². The molecule has 17 heavy (non-hydrogen) atoms. The minimum Gasteiger partial charge on any atom is -0.283 e. The smallest absolute Gasteiger partial charge is 0.166 e. The van der Waals surface area contributed by atoms with E-state index in [1.807, 2.05) is 18.0 Å². The van der Waals surface area contributed by atoms with E-state index < -0.39 is 0 Å². The van der Waals surface area contributed by atoms with Gasteiger partial charge in [0.15, 0.2) is 16.8 Å². The van der Waals surface area contributed by atoms with Crippen LogP contribution in [0.3, 0.4) is 0 Å². The molecule has 1 aliphatic heterocycles. The molecular weight excluding hydrogens is 242 g/mol. The van der Waals surface area contributed by atoms with Gasteiger partial charge in [-0.1, -0.05) is 11.6 Å². The largest absolute Gasteiger partial charge is 0.283 e. The maximum absolute atomic E-state index is 6.07. The Morgan fingerprint density at radius 2 is 2.41 bits per heavy atom. The van der Waals surface area contributed by atoms with Crippen molar-refractivity contribution < 1.29 is 0 Å². The summed E-state index contributed by atoms with van der Waals surface area (Å²) in [5.74, 6) is 1.51. The number of hydrogen-bond donors (Lipinski definition) is 2. The molecule has 0 saturated heterocycles. The highest BCUT2D eigenvalue weighted by atomic mass is 35.5. The van der Waals surface area contributed by atoms with Gasteiger partial charge >= 0.3 is 0 Å². The van der Waals surface area contributed by atoms with E-state index in [0.717, 1.165) is 17.3 Å². The Balaban J connectivity index is 1.81. The maximum atomic E-state index is 6.07. The highest BCUT2D eigenvalue weighted by Gasteiger charge is 2.17. The van der Waals surface area contributed by atoms with Crippen LogP contribution in [0.25, 0.3) is 5.16 Å². The lowest BCUT2D eigenvalue weighted by molar-refractivity contribution is 0.409. The first-order valence-corrected chi connectivity index (χ1v) is 5.42. The number of aromatic nitrogens is 5. The molecule has 8 heteroatoms. The van der Waals surface area contributed by atoms with Crippen molar-refractivity contribution in [2.75, 3.05) is 5.43 Å². The molecule has 3 heterocycles. The molecule has 7 nitrogen and oxygen atoms in total. The fraction of sp³-hybridized carbons (Fsp3) is 0.222. The summed E-state index contributed by atoms with van der Waals surface area (Å²) in [5, 5.41) is 13.3. The average Bonchev–Trinajstić information content (AvgIpc) is 2.87. The number of H-pyrrole nitrogens is 1.